The molecule has 1 heterocycles. The summed E-state index contributed by atoms with van der Waals surface area (Å²) in [5.74, 6) is 0. The van der Waals surface area contributed by atoms with Crippen LogP contribution in [0.4, 0.5) is 0 Å². The molecule has 0 bridgehead atoms. The monoisotopic (exact) mass is 227 g/mol. The molecule has 0 saturated carbocycles. The lowest BCUT2D eigenvalue weighted by molar-refractivity contribution is 0.169. The number of hydrogen-bond acceptors (Lipinski definition) is 3. The maximum absolute atomic E-state index is 9.87. The molecule has 15 heavy (non-hydrogen) atoms. The Morgan fingerprint density at radius 3 is 2.80 bits per heavy atom. The number of nitrogens with one attached hydrogen (secondary N) is 1. The van der Waals surface area contributed by atoms with Crippen LogP contribution in [0.3, 0.4) is 0 Å². The molecule has 2 atom stereocenters. The Balaban J connectivity index is 2.29. The molecule has 0 spiro atoms. The van der Waals surface area contributed by atoms with Crippen LogP contribution < -0.4 is 5.32 Å². The van der Waals surface area contributed by atoms with E-state index in [4.69, 9.17) is 0 Å². The molecule has 0 aliphatic rings. The van der Waals surface area contributed by atoms with Crippen LogP contribution in [0.15, 0.2) is 16.8 Å². The molecule has 86 valence electrons. The summed E-state index contributed by atoms with van der Waals surface area (Å²) in [5, 5.41) is 17.3. The number of hydrogen-bond donors (Lipinski definition) is 2. The molecule has 2 N–H and O–H groups in total. The molecule has 0 aliphatic carbocycles. The lowest BCUT2D eigenvalue weighted by Crippen LogP contribution is -2.32. The van der Waals surface area contributed by atoms with Crippen LogP contribution >= 0.6 is 11.3 Å². The van der Waals surface area contributed by atoms with E-state index in [-0.39, 0.29) is 6.10 Å². The van der Waals surface area contributed by atoms with Crippen LogP contribution in [0.1, 0.15) is 44.8 Å². The fraction of sp³-hybridized carbons (Fsp3) is 0.667. The van der Waals surface area contributed by atoms with Gasteiger partial charge in [-0.15, -0.1) is 0 Å². The minimum Gasteiger partial charge on any atom is -0.387 e. The first-order valence-corrected chi connectivity index (χ1v) is 6.65. The van der Waals surface area contributed by atoms with Crippen molar-refractivity contribution in [2.75, 3.05) is 6.54 Å². The second kappa shape index (κ2) is 6.99. The molecular formula is C12H21NOS. The zero-order valence-corrected chi connectivity index (χ0v) is 10.4. The van der Waals surface area contributed by atoms with E-state index < -0.39 is 0 Å². The van der Waals surface area contributed by atoms with Gasteiger partial charge in [-0.3, -0.25) is 0 Å². The van der Waals surface area contributed by atoms with Gasteiger partial charge in [-0.2, -0.15) is 11.3 Å². The van der Waals surface area contributed by atoms with Gasteiger partial charge in [0.05, 0.1) is 6.10 Å². The third-order valence-electron chi connectivity index (χ3n) is 2.66. The highest BCUT2D eigenvalue weighted by atomic mass is 32.1. The topological polar surface area (TPSA) is 32.3 Å². The Bertz CT molecular complexity index is 248. The Labute approximate surface area is 96.3 Å². The van der Waals surface area contributed by atoms with Crippen molar-refractivity contribution in [3.63, 3.8) is 0 Å². The summed E-state index contributed by atoms with van der Waals surface area (Å²) < 4.78 is 0. The Hall–Kier alpha value is -0.380. The Kier molecular flexibility index (Phi) is 5.91. The van der Waals surface area contributed by atoms with Gasteiger partial charge in [0, 0.05) is 12.6 Å². The van der Waals surface area contributed by atoms with Gasteiger partial charge in [0.1, 0.15) is 0 Å². The Morgan fingerprint density at radius 2 is 2.27 bits per heavy atom. The fourth-order valence-electron chi connectivity index (χ4n) is 1.66. The maximum Gasteiger partial charge on any atom is 0.0922 e. The first-order chi connectivity index (χ1) is 7.27. The number of aliphatic hydroxyl groups excluding tert-OH is 1. The lowest BCUT2D eigenvalue weighted by Gasteiger charge is -2.18. The van der Waals surface area contributed by atoms with Crippen LogP contribution in [0.5, 0.6) is 0 Å². The maximum atomic E-state index is 9.87. The standard InChI is InChI=1S/C12H21NOS/c1-3-5-11(4-2)13-8-12(14)10-6-7-15-9-10/h6-7,9,11-14H,3-5,8H2,1-2H3. The summed E-state index contributed by atoms with van der Waals surface area (Å²) >= 11 is 1.63. The molecule has 2 unspecified atom stereocenters. The van der Waals surface area contributed by atoms with Crippen molar-refractivity contribution in [2.45, 2.75) is 45.3 Å². The van der Waals surface area contributed by atoms with Crippen LogP contribution in [-0.4, -0.2) is 17.7 Å². The zero-order chi connectivity index (χ0) is 11.1. The molecule has 0 aliphatic heterocycles. The normalized spacial score (nSPS) is 15.1. The van der Waals surface area contributed by atoms with Crippen LogP contribution in [-0.2, 0) is 0 Å². The summed E-state index contributed by atoms with van der Waals surface area (Å²) in [6, 6.07) is 2.53. The number of aliphatic hydroxyl groups is 1. The van der Waals surface area contributed by atoms with Gasteiger partial charge in [-0.25, -0.2) is 0 Å². The largest absolute Gasteiger partial charge is 0.387 e. The Morgan fingerprint density at radius 1 is 1.47 bits per heavy atom. The first-order valence-electron chi connectivity index (χ1n) is 5.71. The highest BCUT2D eigenvalue weighted by Gasteiger charge is 2.10. The molecule has 0 amide bonds. The average Bonchev–Trinajstić information content (AvgIpc) is 2.77. The van der Waals surface area contributed by atoms with E-state index in [1.807, 2.05) is 16.8 Å². The average molecular weight is 227 g/mol. The summed E-state index contributed by atoms with van der Waals surface area (Å²) in [4.78, 5) is 0. The highest BCUT2D eigenvalue weighted by Crippen LogP contribution is 2.15. The van der Waals surface area contributed by atoms with Gasteiger partial charge in [0.2, 0.25) is 0 Å². The van der Waals surface area contributed by atoms with E-state index in [9.17, 15) is 5.11 Å². The zero-order valence-electron chi connectivity index (χ0n) is 9.57. The molecule has 0 saturated heterocycles. The molecule has 3 heteroatoms. The molecule has 1 aromatic rings. The third-order valence-corrected chi connectivity index (χ3v) is 3.36. The van der Waals surface area contributed by atoms with Crippen molar-refractivity contribution in [2.24, 2.45) is 0 Å². The van der Waals surface area contributed by atoms with Gasteiger partial charge >= 0.3 is 0 Å². The van der Waals surface area contributed by atoms with Gasteiger partial charge in [-0.1, -0.05) is 20.3 Å². The van der Waals surface area contributed by atoms with Crippen molar-refractivity contribution in [1.82, 2.24) is 5.32 Å². The van der Waals surface area contributed by atoms with Crippen molar-refractivity contribution < 1.29 is 5.11 Å². The van der Waals surface area contributed by atoms with Crippen molar-refractivity contribution >= 4 is 11.3 Å². The first kappa shape index (κ1) is 12.7. The van der Waals surface area contributed by atoms with E-state index in [1.165, 1.54) is 12.8 Å². The SMILES string of the molecule is CCCC(CC)NCC(O)c1ccsc1. The molecule has 0 aromatic carbocycles. The molecule has 2 nitrogen and oxygen atoms in total. The van der Waals surface area contributed by atoms with Crippen molar-refractivity contribution in [3.05, 3.63) is 22.4 Å². The summed E-state index contributed by atoms with van der Waals surface area (Å²) in [6.07, 6.45) is 3.15. The minimum atomic E-state index is -0.359. The van der Waals surface area contributed by atoms with Gasteiger partial charge in [0.15, 0.2) is 0 Å². The predicted molar refractivity (Wildman–Crippen MR) is 66.3 cm³/mol. The van der Waals surface area contributed by atoms with E-state index >= 15 is 0 Å². The van der Waals surface area contributed by atoms with Crippen LogP contribution in [0.25, 0.3) is 0 Å². The van der Waals surface area contributed by atoms with Gasteiger partial charge < -0.3 is 10.4 Å². The van der Waals surface area contributed by atoms with Crippen molar-refractivity contribution in [3.8, 4) is 0 Å². The van der Waals surface area contributed by atoms with E-state index in [0.29, 0.717) is 12.6 Å². The lowest BCUT2D eigenvalue weighted by atomic mass is 10.1. The predicted octanol–water partition coefficient (Wildman–Crippen LogP) is 2.95. The minimum absolute atomic E-state index is 0.359. The van der Waals surface area contributed by atoms with E-state index in [2.05, 4.69) is 19.2 Å². The molecular weight excluding hydrogens is 206 g/mol. The van der Waals surface area contributed by atoms with E-state index in [1.54, 1.807) is 11.3 Å². The molecule has 0 fully saturated rings. The molecule has 1 rings (SSSR count). The van der Waals surface area contributed by atoms with Crippen LogP contribution in [0, 0.1) is 0 Å². The smallest absolute Gasteiger partial charge is 0.0922 e. The van der Waals surface area contributed by atoms with Crippen molar-refractivity contribution in [1.29, 1.82) is 0 Å². The highest BCUT2D eigenvalue weighted by molar-refractivity contribution is 7.07. The van der Waals surface area contributed by atoms with Gasteiger partial charge in [-0.05, 0) is 35.2 Å². The third kappa shape index (κ3) is 4.33. The fourth-order valence-corrected chi connectivity index (χ4v) is 2.37. The summed E-state index contributed by atoms with van der Waals surface area (Å²) in [5.41, 5.74) is 1.03. The second-order valence-corrected chi connectivity index (χ2v) is 4.65. The number of thiophene rings is 1. The second-order valence-electron chi connectivity index (χ2n) is 3.87. The molecule has 1 aromatic heterocycles. The van der Waals surface area contributed by atoms with Gasteiger partial charge in [0.25, 0.3) is 0 Å². The van der Waals surface area contributed by atoms with E-state index in [0.717, 1.165) is 12.0 Å². The van der Waals surface area contributed by atoms with Crippen LogP contribution in [0.2, 0.25) is 0 Å². The molecule has 0 radical (unpaired) electrons. The quantitative estimate of drug-likeness (QED) is 0.750. The summed E-state index contributed by atoms with van der Waals surface area (Å²) in [6.45, 7) is 5.04. The number of rotatable bonds is 7. The summed E-state index contributed by atoms with van der Waals surface area (Å²) in [7, 11) is 0.